The summed E-state index contributed by atoms with van der Waals surface area (Å²) in [4.78, 5) is 37.0. The van der Waals surface area contributed by atoms with Gasteiger partial charge in [-0.15, -0.1) is 0 Å². The van der Waals surface area contributed by atoms with Crippen LogP contribution in [-0.4, -0.2) is 17.1 Å². The van der Waals surface area contributed by atoms with Crippen LogP contribution in [0.1, 0.15) is 12.5 Å². The predicted molar refractivity (Wildman–Crippen MR) is 95.6 cm³/mol. The van der Waals surface area contributed by atoms with Crippen molar-refractivity contribution in [3.63, 3.8) is 0 Å². The van der Waals surface area contributed by atoms with Crippen LogP contribution >= 0.6 is 11.8 Å². The average Bonchev–Trinajstić information content (AvgIpc) is 2.82. The summed E-state index contributed by atoms with van der Waals surface area (Å²) < 4.78 is 13.3. The van der Waals surface area contributed by atoms with Gasteiger partial charge in [0.25, 0.3) is 11.1 Å². The second-order valence-electron chi connectivity index (χ2n) is 5.30. The largest absolute Gasteiger partial charge is 0.326 e. The van der Waals surface area contributed by atoms with Gasteiger partial charge in [0.2, 0.25) is 5.91 Å². The minimum absolute atomic E-state index is 0.211. The van der Waals surface area contributed by atoms with Crippen LogP contribution in [0.15, 0.2) is 53.4 Å². The van der Waals surface area contributed by atoms with Gasteiger partial charge in [0.05, 0.1) is 10.6 Å². The van der Waals surface area contributed by atoms with Crippen LogP contribution in [0.3, 0.4) is 0 Å². The Morgan fingerprint density at radius 1 is 1.16 bits per heavy atom. The molecular weight excluding hydrogens is 343 g/mol. The van der Waals surface area contributed by atoms with Gasteiger partial charge in [-0.25, -0.2) is 9.29 Å². The lowest BCUT2D eigenvalue weighted by molar-refractivity contribution is -0.114. The maximum absolute atomic E-state index is 13.3. The Bertz CT molecular complexity index is 893. The van der Waals surface area contributed by atoms with E-state index >= 15 is 0 Å². The summed E-state index contributed by atoms with van der Waals surface area (Å²) in [6.07, 6.45) is 1.49. The molecule has 5 nitrogen and oxygen atoms in total. The summed E-state index contributed by atoms with van der Waals surface area (Å²) in [6.45, 7) is 1.39. The molecule has 1 aliphatic rings. The molecule has 3 amide bonds. The Balaban J connectivity index is 1.85. The lowest BCUT2D eigenvalue weighted by atomic mass is 10.2. The number of amides is 3. The third kappa shape index (κ3) is 3.77. The second-order valence-corrected chi connectivity index (χ2v) is 6.29. The molecule has 3 rings (SSSR count). The Hall–Kier alpha value is -2.93. The Morgan fingerprint density at radius 3 is 2.52 bits per heavy atom. The number of carbonyl (C=O) groups is 3. The molecule has 0 aromatic heterocycles. The van der Waals surface area contributed by atoms with Crippen molar-refractivity contribution in [3.8, 4) is 0 Å². The summed E-state index contributed by atoms with van der Waals surface area (Å²) in [6, 6.07) is 12.1. The molecule has 126 valence electrons. The van der Waals surface area contributed by atoms with E-state index < -0.39 is 17.0 Å². The predicted octanol–water partition coefficient (Wildman–Crippen LogP) is 4.03. The number of hydrogen-bond donors (Lipinski definition) is 1. The minimum atomic E-state index is -0.466. The summed E-state index contributed by atoms with van der Waals surface area (Å²) in [5.74, 6) is -1.09. The zero-order valence-electron chi connectivity index (χ0n) is 13.2. The number of thioether (sulfide) groups is 1. The fourth-order valence-corrected chi connectivity index (χ4v) is 3.18. The number of carbonyl (C=O) groups excluding carboxylic acids is 3. The summed E-state index contributed by atoms with van der Waals surface area (Å²) in [5.41, 5.74) is 1.48. The highest BCUT2D eigenvalue weighted by molar-refractivity contribution is 8.19. The van der Waals surface area contributed by atoms with Crippen molar-refractivity contribution < 1.29 is 18.8 Å². The first-order valence-electron chi connectivity index (χ1n) is 7.35. The van der Waals surface area contributed by atoms with Crippen LogP contribution in [0, 0.1) is 5.82 Å². The molecule has 0 atom stereocenters. The standard InChI is InChI=1S/C18H13FN2O3S/c1-11(22)20-14-5-7-15(8-6-14)21-17(23)16(25-18(21)24)10-12-3-2-4-13(19)9-12/h2-10H,1H3,(H,20,22)/b16-10-. The Labute approximate surface area is 147 Å². The van der Waals surface area contributed by atoms with Crippen LogP contribution in [0.2, 0.25) is 0 Å². The molecule has 2 aromatic carbocycles. The topological polar surface area (TPSA) is 66.5 Å². The molecule has 1 heterocycles. The molecule has 0 spiro atoms. The second kappa shape index (κ2) is 6.90. The number of halogens is 1. The molecule has 2 aromatic rings. The zero-order chi connectivity index (χ0) is 18.0. The van der Waals surface area contributed by atoms with Crippen LogP contribution in [-0.2, 0) is 9.59 Å². The summed E-state index contributed by atoms with van der Waals surface area (Å²) in [7, 11) is 0. The van der Waals surface area contributed by atoms with Crippen LogP contribution in [0.4, 0.5) is 20.6 Å². The number of nitrogens with zero attached hydrogens (tertiary/aromatic N) is 1. The van der Waals surface area contributed by atoms with E-state index in [0.717, 1.165) is 16.7 Å². The Kier molecular flexibility index (Phi) is 4.67. The number of anilines is 2. The molecule has 1 N–H and O–H groups in total. The first-order valence-corrected chi connectivity index (χ1v) is 8.17. The van der Waals surface area contributed by atoms with Crippen LogP contribution in [0.5, 0.6) is 0 Å². The van der Waals surface area contributed by atoms with E-state index in [-0.39, 0.29) is 10.8 Å². The molecule has 25 heavy (non-hydrogen) atoms. The fourth-order valence-electron chi connectivity index (χ4n) is 2.34. The third-order valence-electron chi connectivity index (χ3n) is 3.39. The van der Waals surface area contributed by atoms with E-state index in [1.807, 2.05) is 0 Å². The normalized spacial score (nSPS) is 15.8. The molecular formula is C18H13FN2O3S. The molecule has 0 unspecified atom stereocenters. The number of benzene rings is 2. The van der Waals surface area contributed by atoms with Gasteiger partial charge in [0.15, 0.2) is 0 Å². The first kappa shape index (κ1) is 16.9. The van der Waals surface area contributed by atoms with E-state index in [9.17, 15) is 18.8 Å². The van der Waals surface area contributed by atoms with Crippen LogP contribution < -0.4 is 10.2 Å². The van der Waals surface area contributed by atoms with Gasteiger partial charge >= 0.3 is 0 Å². The van der Waals surface area contributed by atoms with Crippen molar-refractivity contribution in [2.75, 3.05) is 10.2 Å². The maximum Gasteiger partial charge on any atom is 0.298 e. The molecule has 7 heteroatoms. The molecule has 0 radical (unpaired) electrons. The number of nitrogens with one attached hydrogen (secondary N) is 1. The molecule has 0 aliphatic carbocycles. The average molecular weight is 356 g/mol. The molecule has 0 saturated carbocycles. The smallest absolute Gasteiger partial charge is 0.298 e. The summed E-state index contributed by atoms with van der Waals surface area (Å²) >= 11 is 0.799. The van der Waals surface area contributed by atoms with Crippen LogP contribution in [0.25, 0.3) is 6.08 Å². The van der Waals surface area contributed by atoms with Gasteiger partial charge in [-0.1, -0.05) is 12.1 Å². The van der Waals surface area contributed by atoms with E-state index in [2.05, 4.69) is 5.32 Å². The lowest BCUT2D eigenvalue weighted by Gasteiger charge is -2.13. The van der Waals surface area contributed by atoms with Gasteiger partial charge in [0.1, 0.15) is 5.82 Å². The highest BCUT2D eigenvalue weighted by atomic mass is 32.2. The quantitative estimate of drug-likeness (QED) is 0.844. The van der Waals surface area contributed by atoms with Crippen molar-refractivity contribution >= 4 is 46.3 Å². The minimum Gasteiger partial charge on any atom is -0.326 e. The monoisotopic (exact) mass is 356 g/mol. The van der Waals surface area contributed by atoms with Gasteiger partial charge in [-0.3, -0.25) is 14.4 Å². The highest BCUT2D eigenvalue weighted by Gasteiger charge is 2.36. The zero-order valence-corrected chi connectivity index (χ0v) is 14.0. The van der Waals surface area contributed by atoms with E-state index in [0.29, 0.717) is 16.9 Å². The highest BCUT2D eigenvalue weighted by Crippen LogP contribution is 2.36. The number of hydrogen-bond acceptors (Lipinski definition) is 4. The van der Waals surface area contributed by atoms with Crippen molar-refractivity contribution in [2.45, 2.75) is 6.92 Å². The SMILES string of the molecule is CC(=O)Nc1ccc(N2C(=O)S/C(=C\c3cccc(F)c3)C2=O)cc1. The summed E-state index contributed by atoms with van der Waals surface area (Å²) in [5, 5.41) is 2.18. The van der Waals surface area contributed by atoms with Crippen molar-refractivity contribution in [1.82, 2.24) is 0 Å². The molecule has 1 saturated heterocycles. The first-order chi connectivity index (χ1) is 11.9. The maximum atomic E-state index is 13.3. The fraction of sp³-hybridized carbons (Fsp3) is 0.0556. The van der Waals surface area contributed by atoms with E-state index in [4.69, 9.17) is 0 Å². The molecule has 1 fully saturated rings. The third-order valence-corrected chi connectivity index (χ3v) is 4.26. The van der Waals surface area contributed by atoms with Gasteiger partial charge in [0, 0.05) is 12.6 Å². The van der Waals surface area contributed by atoms with Crippen molar-refractivity contribution in [1.29, 1.82) is 0 Å². The molecule has 0 bridgehead atoms. The van der Waals surface area contributed by atoms with Crippen molar-refractivity contribution in [2.24, 2.45) is 0 Å². The van der Waals surface area contributed by atoms with E-state index in [1.54, 1.807) is 30.3 Å². The number of rotatable bonds is 3. The number of imide groups is 1. The van der Waals surface area contributed by atoms with Gasteiger partial charge < -0.3 is 5.32 Å². The van der Waals surface area contributed by atoms with Gasteiger partial charge in [-0.05, 0) is 59.8 Å². The van der Waals surface area contributed by atoms with Crippen molar-refractivity contribution in [3.05, 3.63) is 64.8 Å². The van der Waals surface area contributed by atoms with E-state index in [1.165, 1.54) is 31.2 Å². The molecule has 1 aliphatic heterocycles. The Morgan fingerprint density at radius 2 is 1.88 bits per heavy atom. The lowest BCUT2D eigenvalue weighted by Crippen LogP contribution is -2.27. The van der Waals surface area contributed by atoms with Gasteiger partial charge in [-0.2, -0.15) is 0 Å².